The lowest BCUT2D eigenvalue weighted by Crippen LogP contribution is -2.33. The number of alkyl halides is 3. The quantitative estimate of drug-likeness (QED) is 0.596. The van der Waals surface area contributed by atoms with E-state index in [1.165, 1.54) is 12.1 Å². The second kappa shape index (κ2) is 7.25. The van der Waals surface area contributed by atoms with Crippen LogP contribution >= 0.6 is 11.8 Å². The summed E-state index contributed by atoms with van der Waals surface area (Å²) >= 11 is 0.888. The Bertz CT molecular complexity index is 662. The summed E-state index contributed by atoms with van der Waals surface area (Å²) in [6.45, 7) is 1.81. The maximum Gasteiger partial charge on any atom is 0.418 e. The van der Waals surface area contributed by atoms with Crippen molar-refractivity contribution in [2.75, 3.05) is 17.3 Å². The number of hydrogen-bond donors (Lipinski definition) is 0. The number of carbonyl (C=O) groups excluding carboxylic acids is 3. The van der Waals surface area contributed by atoms with Crippen LogP contribution in [0.1, 0.15) is 18.9 Å². The molecule has 130 valence electrons. The van der Waals surface area contributed by atoms with Crippen molar-refractivity contribution in [3.8, 4) is 0 Å². The number of benzene rings is 1. The Morgan fingerprint density at radius 1 is 1.33 bits per heavy atom. The van der Waals surface area contributed by atoms with E-state index in [-0.39, 0.29) is 18.8 Å². The van der Waals surface area contributed by atoms with Crippen LogP contribution < -0.4 is 4.90 Å². The second-order valence-electron chi connectivity index (χ2n) is 4.89. The van der Waals surface area contributed by atoms with Gasteiger partial charge >= 0.3 is 12.1 Å². The van der Waals surface area contributed by atoms with E-state index in [1.807, 2.05) is 0 Å². The van der Waals surface area contributed by atoms with E-state index in [1.54, 1.807) is 6.92 Å². The Kier molecular flexibility index (Phi) is 5.53. The first-order valence-electron chi connectivity index (χ1n) is 7.06. The molecule has 0 aliphatic carbocycles. The normalized spacial score (nSPS) is 18.2. The van der Waals surface area contributed by atoms with Gasteiger partial charge in [-0.25, -0.2) is 4.90 Å². The zero-order valence-electron chi connectivity index (χ0n) is 12.6. The predicted molar refractivity (Wildman–Crippen MR) is 81.4 cm³/mol. The van der Waals surface area contributed by atoms with Crippen LogP contribution in [0.4, 0.5) is 18.9 Å². The van der Waals surface area contributed by atoms with E-state index in [9.17, 15) is 27.6 Å². The van der Waals surface area contributed by atoms with Gasteiger partial charge in [0.1, 0.15) is 0 Å². The van der Waals surface area contributed by atoms with E-state index in [0.717, 1.165) is 23.9 Å². The maximum atomic E-state index is 13.1. The SMILES string of the molecule is CCOC(=O)CSC1CC(=O)N(c2ccccc2C(F)(F)F)C1=O. The summed E-state index contributed by atoms with van der Waals surface area (Å²) in [6.07, 6.45) is -4.94. The molecule has 0 aromatic heterocycles. The minimum atomic E-state index is -4.69. The Balaban J connectivity index is 2.20. The van der Waals surface area contributed by atoms with Gasteiger partial charge in [0.05, 0.1) is 28.9 Å². The number of para-hydroxylation sites is 1. The number of esters is 1. The highest BCUT2D eigenvalue weighted by Gasteiger charge is 2.44. The maximum absolute atomic E-state index is 13.1. The molecule has 2 amide bonds. The molecule has 1 heterocycles. The second-order valence-corrected chi connectivity index (χ2v) is 6.08. The number of rotatable bonds is 5. The van der Waals surface area contributed by atoms with Crippen LogP contribution in [-0.4, -0.2) is 35.4 Å². The number of anilines is 1. The monoisotopic (exact) mass is 361 g/mol. The van der Waals surface area contributed by atoms with Gasteiger partial charge in [-0.2, -0.15) is 13.2 Å². The molecule has 0 bridgehead atoms. The number of hydrogen-bond acceptors (Lipinski definition) is 5. The van der Waals surface area contributed by atoms with E-state index < -0.39 is 40.5 Å². The van der Waals surface area contributed by atoms with E-state index >= 15 is 0 Å². The van der Waals surface area contributed by atoms with Gasteiger partial charge in [-0.3, -0.25) is 14.4 Å². The van der Waals surface area contributed by atoms with Crippen LogP contribution in [-0.2, 0) is 25.3 Å². The number of imide groups is 1. The molecular weight excluding hydrogens is 347 g/mol. The summed E-state index contributed by atoms with van der Waals surface area (Å²) in [4.78, 5) is 36.3. The Morgan fingerprint density at radius 2 is 2.00 bits per heavy atom. The highest BCUT2D eigenvalue weighted by molar-refractivity contribution is 8.01. The fraction of sp³-hybridized carbons (Fsp3) is 0.400. The first-order chi connectivity index (χ1) is 11.3. The van der Waals surface area contributed by atoms with Crippen molar-refractivity contribution < 1.29 is 32.3 Å². The molecule has 9 heteroatoms. The van der Waals surface area contributed by atoms with Crippen LogP contribution in [0.15, 0.2) is 24.3 Å². The number of nitrogens with zero attached hydrogens (tertiary/aromatic N) is 1. The summed E-state index contributed by atoms with van der Waals surface area (Å²) in [5, 5.41) is -0.900. The molecule has 0 spiro atoms. The van der Waals surface area contributed by atoms with Crippen LogP contribution in [0.3, 0.4) is 0 Å². The highest BCUT2D eigenvalue weighted by atomic mass is 32.2. The van der Waals surface area contributed by atoms with Gasteiger partial charge in [0.25, 0.3) is 0 Å². The fourth-order valence-corrected chi connectivity index (χ4v) is 3.20. The molecule has 5 nitrogen and oxygen atoms in total. The predicted octanol–water partition coefficient (Wildman–Crippen LogP) is 2.63. The number of ether oxygens (including phenoxy) is 1. The summed E-state index contributed by atoms with van der Waals surface area (Å²) in [5.74, 6) is -2.17. The lowest BCUT2D eigenvalue weighted by atomic mass is 10.1. The van der Waals surface area contributed by atoms with Gasteiger partial charge in [0.2, 0.25) is 11.8 Å². The Morgan fingerprint density at radius 3 is 2.62 bits per heavy atom. The molecule has 0 saturated carbocycles. The summed E-state index contributed by atoms with van der Waals surface area (Å²) in [5.41, 5.74) is -1.54. The Labute approximate surface area is 140 Å². The molecule has 1 saturated heterocycles. The number of amides is 2. The standard InChI is InChI=1S/C15H14F3NO4S/c1-2-23-13(21)8-24-11-7-12(20)19(14(11)22)10-6-4-3-5-9(10)15(16,17)18/h3-6,11H,2,7-8H2,1H3. The minimum absolute atomic E-state index is 0.147. The molecular formula is C15H14F3NO4S. The van der Waals surface area contributed by atoms with Gasteiger partial charge in [0, 0.05) is 6.42 Å². The van der Waals surface area contributed by atoms with Crippen molar-refractivity contribution in [2.45, 2.75) is 24.8 Å². The van der Waals surface area contributed by atoms with Crippen molar-refractivity contribution in [3.05, 3.63) is 29.8 Å². The number of thioether (sulfide) groups is 1. The van der Waals surface area contributed by atoms with E-state index in [4.69, 9.17) is 4.74 Å². The number of halogens is 3. The first kappa shape index (κ1) is 18.3. The van der Waals surface area contributed by atoms with Crippen LogP contribution in [0.5, 0.6) is 0 Å². The first-order valence-corrected chi connectivity index (χ1v) is 8.10. The van der Waals surface area contributed by atoms with Crippen LogP contribution in [0.2, 0.25) is 0 Å². The van der Waals surface area contributed by atoms with Gasteiger partial charge < -0.3 is 4.74 Å². The third-order valence-corrected chi connectivity index (χ3v) is 4.44. The molecule has 2 rings (SSSR count). The van der Waals surface area contributed by atoms with Crippen molar-refractivity contribution in [2.24, 2.45) is 0 Å². The van der Waals surface area contributed by atoms with Crippen molar-refractivity contribution in [3.63, 3.8) is 0 Å². The smallest absolute Gasteiger partial charge is 0.418 e. The molecule has 1 unspecified atom stereocenters. The molecule has 1 aromatic carbocycles. The molecule has 0 N–H and O–H groups in total. The average molecular weight is 361 g/mol. The summed E-state index contributed by atoms with van der Waals surface area (Å²) < 4.78 is 43.9. The van der Waals surface area contributed by atoms with Gasteiger partial charge in [-0.15, -0.1) is 11.8 Å². The lowest BCUT2D eigenvalue weighted by molar-refractivity contribution is -0.140. The van der Waals surface area contributed by atoms with E-state index in [2.05, 4.69) is 0 Å². The van der Waals surface area contributed by atoms with Crippen molar-refractivity contribution in [1.29, 1.82) is 0 Å². The Hall–Kier alpha value is -2.03. The topological polar surface area (TPSA) is 63.7 Å². The minimum Gasteiger partial charge on any atom is -0.465 e. The zero-order valence-corrected chi connectivity index (χ0v) is 13.4. The van der Waals surface area contributed by atoms with Crippen LogP contribution in [0.25, 0.3) is 0 Å². The third kappa shape index (κ3) is 3.89. The molecule has 0 radical (unpaired) electrons. The number of carbonyl (C=O) groups is 3. The molecule has 1 fully saturated rings. The molecule has 1 aromatic rings. The van der Waals surface area contributed by atoms with Crippen molar-refractivity contribution >= 4 is 35.2 Å². The molecule has 24 heavy (non-hydrogen) atoms. The van der Waals surface area contributed by atoms with Crippen molar-refractivity contribution in [1.82, 2.24) is 0 Å². The fourth-order valence-electron chi connectivity index (χ4n) is 2.27. The van der Waals surface area contributed by atoms with Gasteiger partial charge in [0.15, 0.2) is 0 Å². The van der Waals surface area contributed by atoms with E-state index in [0.29, 0.717) is 4.90 Å². The lowest BCUT2D eigenvalue weighted by Gasteiger charge is -2.20. The highest BCUT2D eigenvalue weighted by Crippen LogP contribution is 2.39. The average Bonchev–Trinajstić information content (AvgIpc) is 2.79. The molecule has 1 atom stereocenters. The largest absolute Gasteiger partial charge is 0.465 e. The molecule has 1 aliphatic heterocycles. The zero-order chi connectivity index (χ0) is 17.9. The van der Waals surface area contributed by atoms with Crippen LogP contribution in [0, 0.1) is 0 Å². The third-order valence-electron chi connectivity index (χ3n) is 3.26. The summed E-state index contributed by atoms with van der Waals surface area (Å²) in [6, 6.07) is 4.40. The molecule has 1 aliphatic rings. The van der Waals surface area contributed by atoms with Gasteiger partial charge in [-0.05, 0) is 19.1 Å². The van der Waals surface area contributed by atoms with Gasteiger partial charge in [-0.1, -0.05) is 12.1 Å². The summed E-state index contributed by atoms with van der Waals surface area (Å²) in [7, 11) is 0.